The van der Waals surface area contributed by atoms with Gasteiger partial charge in [-0.05, 0) is 24.1 Å². The molecule has 100 valence electrons. The van der Waals surface area contributed by atoms with E-state index in [-0.39, 0.29) is 17.1 Å². The minimum Gasteiger partial charge on any atom is -0.298 e. The second-order valence-electron chi connectivity index (χ2n) is 4.43. The van der Waals surface area contributed by atoms with Crippen LogP contribution in [0.5, 0.6) is 0 Å². The standard InChI is InChI=1S/C13H15F3OS/c1-8(2)9(3)18-11-5-4-10(7-17)12(6-11)13(14,15)16/h4-9H,1-3H3. The normalized spacial score (nSPS) is 13.7. The van der Waals surface area contributed by atoms with E-state index >= 15 is 0 Å². The molecule has 0 aromatic heterocycles. The minimum absolute atomic E-state index is 0.216. The molecule has 0 spiro atoms. The van der Waals surface area contributed by atoms with Gasteiger partial charge in [0.1, 0.15) is 0 Å². The lowest BCUT2D eigenvalue weighted by Gasteiger charge is -2.16. The molecule has 0 heterocycles. The van der Waals surface area contributed by atoms with E-state index in [4.69, 9.17) is 0 Å². The number of hydrogen-bond acceptors (Lipinski definition) is 2. The fourth-order valence-electron chi connectivity index (χ4n) is 1.31. The van der Waals surface area contributed by atoms with Crippen LogP contribution >= 0.6 is 11.8 Å². The summed E-state index contributed by atoms with van der Waals surface area (Å²) in [5.41, 5.74) is -1.18. The molecule has 0 radical (unpaired) electrons. The van der Waals surface area contributed by atoms with Gasteiger partial charge in [0.15, 0.2) is 6.29 Å². The van der Waals surface area contributed by atoms with Crippen molar-refractivity contribution in [1.82, 2.24) is 0 Å². The highest BCUT2D eigenvalue weighted by atomic mass is 32.2. The van der Waals surface area contributed by atoms with Gasteiger partial charge in [0.05, 0.1) is 5.56 Å². The molecular formula is C13H15F3OS. The number of aldehydes is 1. The highest BCUT2D eigenvalue weighted by Crippen LogP contribution is 2.36. The number of halogens is 3. The highest BCUT2D eigenvalue weighted by molar-refractivity contribution is 8.00. The summed E-state index contributed by atoms with van der Waals surface area (Å²) in [4.78, 5) is 11.1. The van der Waals surface area contributed by atoms with Gasteiger partial charge in [0, 0.05) is 15.7 Å². The van der Waals surface area contributed by atoms with Crippen LogP contribution in [0.3, 0.4) is 0 Å². The van der Waals surface area contributed by atoms with Gasteiger partial charge in [0.2, 0.25) is 0 Å². The molecular weight excluding hydrogens is 261 g/mol. The summed E-state index contributed by atoms with van der Waals surface area (Å²) in [6, 6.07) is 3.83. The monoisotopic (exact) mass is 276 g/mol. The molecule has 1 rings (SSSR count). The maximum atomic E-state index is 12.7. The molecule has 1 nitrogen and oxygen atoms in total. The summed E-state index contributed by atoms with van der Waals surface area (Å²) in [7, 11) is 0. The number of thioether (sulfide) groups is 1. The molecule has 1 unspecified atom stereocenters. The van der Waals surface area contributed by atoms with Crippen LogP contribution in [-0.4, -0.2) is 11.5 Å². The first-order valence-corrected chi connectivity index (χ1v) is 6.46. The number of alkyl halides is 3. The lowest BCUT2D eigenvalue weighted by molar-refractivity contribution is -0.138. The quantitative estimate of drug-likeness (QED) is 0.588. The second kappa shape index (κ2) is 5.78. The molecule has 0 bridgehead atoms. The van der Waals surface area contributed by atoms with Gasteiger partial charge >= 0.3 is 6.18 Å². The third-order valence-electron chi connectivity index (χ3n) is 2.72. The summed E-state index contributed by atoms with van der Waals surface area (Å²) in [6.45, 7) is 6.00. The first kappa shape index (κ1) is 15.1. The third-order valence-corrected chi connectivity index (χ3v) is 4.16. The Kier molecular flexibility index (Phi) is 4.85. The molecule has 0 aliphatic rings. The van der Waals surface area contributed by atoms with Gasteiger partial charge in [-0.3, -0.25) is 4.79 Å². The third kappa shape index (κ3) is 3.77. The molecule has 1 aromatic rings. The van der Waals surface area contributed by atoms with Crippen LogP contribution in [0, 0.1) is 5.92 Å². The van der Waals surface area contributed by atoms with E-state index in [0.717, 1.165) is 6.07 Å². The average molecular weight is 276 g/mol. The van der Waals surface area contributed by atoms with Crippen molar-refractivity contribution >= 4 is 18.0 Å². The van der Waals surface area contributed by atoms with Crippen molar-refractivity contribution in [2.75, 3.05) is 0 Å². The van der Waals surface area contributed by atoms with E-state index in [9.17, 15) is 18.0 Å². The molecule has 0 saturated heterocycles. The lowest BCUT2D eigenvalue weighted by atomic mass is 10.1. The van der Waals surface area contributed by atoms with Gasteiger partial charge in [0.25, 0.3) is 0 Å². The molecule has 18 heavy (non-hydrogen) atoms. The van der Waals surface area contributed by atoms with Crippen molar-refractivity contribution in [2.24, 2.45) is 5.92 Å². The number of carbonyl (C=O) groups excluding carboxylic acids is 1. The predicted molar refractivity (Wildman–Crippen MR) is 67.0 cm³/mol. The van der Waals surface area contributed by atoms with Crippen LogP contribution in [0.15, 0.2) is 23.1 Å². The zero-order valence-electron chi connectivity index (χ0n) is 10.4. The van der Waals surface area contributed by atoms with Gasteiger partial charge in [-0.15, -0.1) is 11.8 Å². The summed E-state index contributed by atoms with van der Waals surface area (Å²) in [5.74, 6) is 0.370. The Morgan fingerprint density at radius 2 is 1.83 bits per heavy atom. The Bertz CT molecular complexity index is 427. The Labute approximate surface area is 109 Å². The fourth-order valence-corrected chi connectivity index (χ4v) is 2.34. The second-order valence-corrected chi connectivity index (χ2v) is 5.88. The van der Waals surface area contributed by atoms with Crippen molar-refractivity contribution in [3.05, 3.63) is 29.3 Å². The Balaban J connectivity index is 3.07. The predicted octanol–water partition coefficient (Wildman–Crippen LogP) is 4.65. The Hall–Kier alpha value is -0.970. The number of carbonyl (C=O) groups is 1. The summed E-state index contributed by atoms with van der Waals surface area (Å²) in [5, 5.41) is 0.216. The van der Waals surface area contributed by atoms with Crippen LogP contribution in [0.1, 0.15) is 36.7 Å². The van der Waals surface area contributed by atoms with Gasteiger partial charge in [-0.25, -0.2) is 0 Å². The summed E-state index contributed by atoms with van der Waals surface area (Å²) >= 11 is 1.39. The molecule has 0 fully saturated rings. The van der Waals surface area contributed by atoms with Crippen molar-refractivity contribution in [3.8, 4) is 0 Å². The van der Waals surface area contributed by atoms with Crippen molar-refractivity contribution in [3.63, 3.8) is 0 Å². The van der Waals surface area contributed by atoms with E-state index in [1.807, 2.05) is 20.8 Å². The zero-order valence-corrected chi connectivity index (χ0v) is 11.2. The fraction of sp³-hybridized carbons (Fsp3) is 0.462. The van der Waals surface area contributed by atoms with Gasteiger partial charge in [-0.2, -0.15) is 13.2 Å². The van der Waals surface area contributed by atoms with Gasteiger partial charge in [-0.1, -0.05) is 20.8 Å². The van der Waals surface area contributed by atoms with E-state index < -0.39 is 11.7 Å². The molecule has 0 N–H and O–H groups in total. The lowest BCUT2D eigenvalue weighted by Crippen LogP contribution is -2.10. The molecule has 0 aliphatic heterocycles. The first-order chi connectivity index (χ1) is 8.25. The number of hydrogen-bond donors (Lipinski definition) is 0. The van der Waals surface area contributed by atoms with E-state index in [2.05, 4.69) is 0 Å². The first-order valence-electron chi connectivity index (χ1n) is 5.58. The van der Waals surface area contributed by atoms with Crippen LogP contribution in [0.4, 0.5) is 13.2 Å². The highest BCUT2D eigenvalue weighted by Gasteiger charge is 2.33. The molecule has 5 heteroatoms. The maximum absolute atomic E-state index is 12.7. The smallest absolute Gasteiger partial charge is 0.298 e. The van der Waals surface area contributed by atoms with Crippen molar-refractivity contribution in [2.45, 2.75) is 37.1 Å². The molecule has 0 saturated carbocycles. The molecule has 0 aliphatic carbocycles. The van der Waals surface area contributed by atoms with E-state index in [0.29, 0.717) is 10.8 Å². The van der Waals surface area contributed by atoms with Crippen molar-refractivity contribution < 1.29 is 18.0 Å². The van der Waals surface area contributed by atoms with Crippen LogP contribution in [0.25, 0.3) is 0 Å². The van der Waals surface area contributed by atoms with E-state index in [1.54, 1.807) is 6.07 Å². The summed E-state index contributed by atoms with van der Waals surface area (Å²) < 4.78 is 38.2. The van der Waals surface area contributed by atoms with Crippen molar-refractivity contribution in [1.29, 1.82) is 0 Å². The van der Waals surface area contributed by atoms with Crippen LogP contribution < -0.4 is 0 Å². The van der Waals surface area contributed by atoms with Crippen LogP contribution in [0.2, 0.25) is 0 Å². The maximum Gasteiger partial charge on any atom is 0.417 e. The molecule has 1 atom stereocenters. The largest absolute Gasteiger partial charge is 0.417 e. The molecule has 0 amide bonds. The van der Waals surface area contributed by atoms with Gasteiger partial charge < -0.3 is 0 Å². The molecule has 1 aromatic carbocycles. The minimum atomic E-state index is -4.49. The Morgan fingerprint density at radius 3 is 2.28 bits per heavy atom. The van der Waals surface area contributed by atoms with Crippen LogP contribution in [-0.2, 0) is 6.18 Å². The average Bonchev–Trinajstić information content (AvgIpc) is 2.27. The SMILES string of the molecule is CC(C)C(C)Sc1ccc(C=O)c(C(F)(F)F)c1. The number of rotatable bonds is 4. The topological polar surface area (TPSA) is 17.1 Å². The van der Waals surface area contributed by atoms with E-state index in [1.165, 1.54) is 17.8 Å². The zero-order chi connectivity index (χ0) is 13.9. The number of benzene rings is 1. The Morgan fingerprint density at radius 1 is 1.22 bits per heavy atom. The summed E-state index contributed by atoms with van der Waals surface area (Å²) in [6.07, 6.45) is -4.25.